The summed E-state index contributed by atoms with van der Waals surface area (Å²) >= 11 is 0. The van der Waals surface area contributed by atoms with Crippen molar-refractivity contribution in [3.63, 3.8) is 0 Å². The van der Waals surface area contributed by atoms with Gasteiger partial charge in [0, 0.05) is 31.4 Å². The average molecular weight is 383 g/mol. The molecule has 1 fully saturated rings. The second-order valence-electron chi connectivity index (χ2n) is 7.32. The highest BCUT2D eigenvalue weighted by molar-refractivity contribution is 6.06. The third kappa shape index (κ3) is 2.86. The molecule has 1 amide bonds. The third-order valence-corrected chi connectivity index (χ3v) is 5.51. The van der Waals surface area contributed by atoms with E-state index in [-0.39, 0.29) is 30.8 Å². The van der Waals surface area contributed by atoms with Crippen LogP contribution in [0.15, 0.2) is 35.7 Å². The fourth-order valence-corrected chi connectivity index (χ4v) is 4.06. The first-order valence-corrected chi connectivity index (χ1v) is 9.35. The van der Waals surface area contributed by atoms with Crippen molar-refractivity contribution in [2.24, 2.45) is 4.99 Å². The van der Waals surface area contributed by atoms with Crippen LogP contribution >= 0.6 is 0 Å². The van der Waals surface area contributed by atoms with Crippen LogP contribution in [0.5, 0.6) is 0 Å². The van der Waals surface area contributed by atoms with E-state index >= 15 is 0 Å². The average Bonchev–Trinajstić information content (AvgIpc) is 3.47. The van der Waals surface area contributed by atoms with Crippen LogP contribution in [-0.4, -0.2) is 46.3 Å². The van der Waals surface area contributed by atoms with Crippen LogP contribution in [0, 0.1) is 5.82 Å². The smallest absolute Gasteiger partial charge is 0.248 e. The Morgan fingerprint density at radius 2 is 2.29 bits per heavy atom. The first kappa shape index (κ1) is 14.2. The number of imidazole rings is 1. The highest BCUT2D eigenvalue weighted by Crippen LogP contribution is 2.46. The molecule has 3 heterocycles. The minimum absolute atomic E-state index is 0.0133. The van der Waals surface area contributed by atoms with E-state index in [0.29, 0.717) is 30.2 Å². The molecule has 0 bridgehead atoms. The van der Waals surface area contributed by atoms with E-state index in [9.17, 15) is 9.18 Å². The monoisotopic (exact) mass is 383 g/mol. The summed E-state index contributed by atoms with van der Waals surface area (Å²) in [6.45, 7) is 0.317. The highest BCUT2D eigenvalue weighted by Gasteiger charge is 2.35. The molecule has 1 aromatic carbocycles. The minimum atomic E-state index is -2.50. The lowest BCUT2D eigenvalue weighted by Gasteiger charge is -2.32. The second kappa shape index (κ2) is 6.67. The van der Waals surface area contributed by atoms with Crippen molar-refractivity contribution >= 4 is 17.4 Å². The van der Waals surface area contributed by atoms with Crippen LogP contribution < -0.4 is 0 Å². The zero-order chi connectivity index (χ0) is 21.8. The Kier molecular flexibility index (Phi) is 3.39. The van der Waals surface area contributed by atoms with Crippen molar-refractivity contribution < 1.29 is 18.0 Å². The van der Waals surface area contributed by atoms with E-state index in [0.717, 1.165) is 29.5 Å². The molecular weight excluding hydrogens is 359 g/mol. The number of amides is 1. The van der Waals surface area contributed by atoms with E-state index in [1.54, 1.807) is 21.7 Å². The molecule has 7 heteroatoms. The summed E-state index contributed by atoms with van der Waals surface area (Å²) in [5, 5.41) is 0. The molecule has 0 unspecified atom stereocenters. The number of halogens is 1. The molecule has 2 aliphatic heterocycles. The molecule has 0 N–H and O–H groups in total. The molecule has 0 radical (unpaired) electrons. The van der Waals surface area contributed by atoms with Gasteiger partial charge in [-0.1, -0.05) is 0 Å². The molecule has 28 heavy (non-hydrogen) atoms. The number of fused-ring (bicyclic) bond motifs is 3. The Balaban J connectivity index is 1.51. The summed E-state index contributed by atoms with van der Waals surface area (Å²) in [6, 6.07) is 3.23. The topological polar surface area (TPSA) is 59.7 Å². The zero-order valence-electron chi connectivity index (χ0n) is 18.2. The standard InChI is InChI=1S/C21H21FN4O2/c1-28-11-14-10-25(12-24-14)19-8-18-15-4-5-17(22)21(13-2-3-13)16(15)6-7-26(18)20(27)9-23-19/h4-5,8,10,12-13H,2-3,6-7,9,11H2,1H3/i1D3. The SMILES string of the molecule is [2H]C([2H])([2H])OCc1cn(C2=NCC(=O)N3CCc4c(ccc(F)c4C4CC4)C3=C2)cn1. The van der Waals surface area contributed by atoms with Crippen molar-refractivity contribution in [1.82, 2.24) is 14.5 Å². The molecular formula is C21H21FN4O2. The van der Waals surface area contributed by atoms with Gasteiger partial charge in [-0.05, 0) is 48.4 Å². The molecule has 1 aliphatic carbocycles. The van der Waals surface area contributed by atoms with E-state index < -0.39 is 7.04 Å². The predicted octanol–water partition coefficient (Wildman–Crippen LogP) is 2.73. The maximum Gasteiger partial charge on any atom is 0.248 e. The van der Waals surface area contributed by atoms with E-state index in [1.165, 1.54) is 12.4 Å². The lowest BCUT2D eigenvalue weighted by atomic mass is 9.89. The Morgan fingerprint density at radius 1 is 1.39 bits per heavy atom. The number of ether oxygens (including phenoxy) is 1. The fourth-order valence-electron chi connectivity index (χ4n) is 4.06. The van der Waals surface area contributed by atoms with Gasteiger partial charge < -0.3 is 9.64 Å². The first-order valence-electron chi connectivity index (χ1n) is 10.9. The Morgan fingerprint density at radius 3 is 3.11 bits per heavy atom. The number of methoxy groups -OCH3 is 1. The van der Waals surface area contributed by atoms with Gasteiger partial charge in [-0.25, -0.2) is 9.37 Å². The summed E-state index contributed by atoms with van der Waals surface area (Å²) in [5.74, 6) is 0.489. The van der Waals surface area contributed by atoms with Gasteiger partial charge in [0.25, 0.3) is 0 Å². The summed E-state index contributed by atoms with van der Waals surface area (Å²) < 4.78 is 42.5. The van der Waals surface area contributed by atoms with Crippen molar-refractivity contribution in [3.05, 3.63) is 58.9 Å². The number of rotatable bonds is 3. The second-order valence-corrected chi connectivity index (χ2v) is 7.32. The van der Waals surface area contributed by atoms with Gasteiger partial charge in [0.1, 0.15) is 24.5 Å². The zero-order valence-corrected chi connectivity index (χ0v) is 15.2. The summed E-state index contributed by atoms with van der Waals surface area (Å²) in [4.78, 5) is 23.1. The molecule has 2 aromatic rings. The number of aliphatic imine (C=N–C) groups is 1. The molecule has 6 nitrogen and oxygen atoms in total. The molecule has 144 valence electrons. The van der Waals surface area contributed by atoms with E-state index in [4.69, 9.17) is 8.85 Å². The van der Waals surface area contributed by atoms with Crippen molar-refractivity contribution in [3.8, 4) is 0 Å². The number of carbonyl (C=O) groups excluding carboxylic acids is 1. The quantitative estimate of drug-likeness (QED) is 0.819. The molecule has 0 saturated heterocycles. The number of nitrogens with zero attached hydrogens (tertiary/aromatic N) is 4. The van der Waals surface area contributed by atoms with Crippen LogP contribution in [0.4, 0.5) is 4.39 Å². The van der Waals surface area contributed by atoms with Crippen LogP contribution in [-0.2, 0) is 22.6 Å². The van der Waals surface area contributed by atoms with Crippen molar-refractivity contribution in [2.45, 2.75) is 31.8 Å². The Labute approximate surface area is 166 Å². The highest BCUT2D eigenvalue weighted by atomic mass is 19.1. The molecule has 1 saturated carbocycles. The minimum Gasteiger partial charge on any atom is -0.378 e. The van der Waals surface area contributed by atoms with Gasteiger partial charge >= 0.3 is 0 Å². The third-order valence-electron chi connectivity index (χ3n) is 5.51. The van der Waals surface area contributed by atoms with Crippen LogP contribution in [0.2, 0.25) is 0 Å². The Bertz CT molecular complexity index is 1120. The van der Waals surface area contributed by atoms with Gasteiger partial charge in [0.15, 0.2) is 0 Å². The summed E-state index contributed by atoms with van der Waals surface area (Å²) in [5.41, 5.74) is 3.78. The Hall–Kier alpha value is -2.80. The lowest BCUT2D eigenvalue weighted by Crippen LogP contribution is -2.36. The van der Waals surface area contributed by atoms with Gasteiger partial charge in [-0.3, -0.25) is 14.4 Å². The molecule has 3 aliphatic rings. The number of hydrogen-bond acceptors (Lipinski definition) is 4. The summed E-state index contributed by atoms with van der Waals surface area (Å²) in [6.07, 6.45) is 7.58. The van der Waals surface area contributed by atoms with Crippen molar-refractivity contribution in [2.75, 3.05) is 20.1 Å². The van der Waals surface area contributed by atoms with E-state index in [1.807, 2.05) is 6.08 Å². The molecule has 0 spiro atoms. The molecule has 0 atom stereocenters. The number of benzene rings is 1. The predicted molar refractivity (Wildman–Crippen MR) is 102 cm³/mol. The van der Waals surface area contributed by atoms with E-state index in [2.05, 4.69) is 9.98 Å². The van der Waals surface area contributed by atoms with Crippen molar-refractivity contribution in [1.29, 1.82) is 0 Å². The number of allylic oxidation sites excluding steroid dienone is 1. The number of aromatic nitrogens is 2. The lowest BCUT2D eigenvalue weighted by molar-refractivity contribution is -0.126. The first-order chi connectivity index (χ1) is 14.8. The van der Waals surface area contributed by atoms with Gasteiger partial charge in [0.2, 0.25) is 5.91 Å². The normalized spacial score (nSPS) is 21.0. The van der Waals surface area contributed by atoms with Gasteiger partial charge in [-0.15, -0.1) is 0 Å². The maximum atomic E-state index is 14.6. The molecule has 1 aromatic heterocycles. The largest absolute Gasteiger partial charge is 0.378 e. The van der Waals surface area contributed by atoms with Crippen LogP contribution in [0.1, 0.15) is 45.3 Å². The maximum absolute atomic E-state index is 14.6. The van der Waals surface area contributed by atoms with Crippen LogP contribution in [0.3, 0.4) is 0 Å². The van der Waals surface area contributed by atoms with Crippen LogP contribution in [0.25, 0.3) is 5.70 Å². The van der Waals surface area contributed by atoms with Gasteiger partial charge in [-0.2, -0.15) is 0 Å². The number of carbonyl (C=O) groups is 1. The van der Waals surface area contributed by atoms with Gasteiger partial charge in [0.05, 0.1) is 22.1 Å². The number of hydrogen-bond donors (Lipinski definition) is 0. The fraction of sp³-hybridized carbons (Fsp3) is 0.381. The summed E-state index contributed by atoms with van der Waals surface area (Å²) in [7, 11) is -2.50. The molecule has 5 rings (SSSR count).